The van der Waals surface area contributed by atoms with Gasteiger partial charge in [0.1, 0.15) is 21.3 Å². The first-order valence-electron chi connectivity index (χ1n) is 6.35. The van der Waals surface area contributed by atoms with Gasteiger partial charge >= 0.3 is 0 Å². The summed E-state index contributed by atoms with van der Waals surface area (Å²) < 4.78 is 121. The van der Waals surface area contributed by atoms with E-state index in [0.717, 1.165) is 13.8 Å². The van der Waals surface area contributed by atoms with Crippen molar-refractivity contribution in [2.75, 3.05) is 5.73 Å². The highest BCUT2D eigenvalue weighted by Gasteiger charge is 2.38. The Morgan fingerprint density at radius 2 is 0.920 bits per heavy atom. The number of hydrogen-bond acceptors (Lipinski definition) is 3. The first-order chi connectivity index (χ1) is 11.4. The third-order valence-corrected chi connectivity index (χ3v) is 5.40. The predicted molar refractivity (Wildman–Crippen MR) is 71.9 cm³/mol. The number of anilines is 1. The summed E-state index contributed by atoms with van der Waals surface area (Å²) in [5.41, 5.74) is 1.80. The Kier molecular flexibility index (Phi) is 4.49. The Morgan fingerprint density at radius 1 is 0.600 bits per heavy atom. The van der Waals surface area contributed by atoms with Crippen molar-refractivity contribution in [2.45, 2.75) is 23.6 Å². The molecule has 0 aliphatic carbocycles. The van der Waals surface area contributed by atoms with Crippen molar-refractivity contribution >= 4 is 15.5 Å². The standard InChI is InChI=1S/C14H8F7NO2S/c1-3-4(2)6(16)13(9(19)5(3)15)25(23,24)14-10(20)7(17)12(22)8(18)11(14)21/h22H2,1-2H3. The van der Waals surface area contributed by atoms with E-state index < -0.39 is 77.2 Å². The van der Waals surface area contributed by atoms with Gasteiger partial charge in [0.2, 0.25) is 9.84 Å². The number of hydrogen-bond donors (Lipinski definition) is 1. The van der Waals surface area contributed by atoms with E-state index in [1.54, 1.807) is 0 Å². The maximum Gasteiger partial charge on any atom is 0.218 e. The summed E-state index contributed by atoms with van der Waals surface area (Å²) in [6.07, 6.45) is 0. The topological polar surface area (TPSA) is 60.2 Å². The first kappa shape index (κ1) is 19.0. The zero-order valence-corrected chi connectivity index (χ0v) is 13.3. The lowest BCUT2D eigenvalue weighted by Gasteiger charge is -2.14. The highest BCUT2D eigenvalue weighted by Crippen LogP contribution is 2.36. The summed E-state index contributed by atoms with van der Waals surface area (Å²) >= 11 is 0. The number of halogens is 7. The lowest BCUT2D eigenvalue weighted by molar-refractivity contribution is 0.419. The maximum atomic E-state index is 14.2. The Bertz CT molecular complexity index is 885. The Hall–Kier alpha value is -2.30. The second-order valence-electron chi connectivity index (χ2n) is 5.02. The second kappa shape index (κ2) is 5.90. The predicted octanol–water partition coefficient (Wildman–Crippen LogP) is 3.69. The van der Waals surface area contributed by atoms with Crippen LogP contribution in [0.5, 0.6) is 0 Å². The Balaban J connectivity index is 3.02. The molecule has 0 heterocycles. The average Bonchev–Trinajstić information content (AvgIpc) is 2.54. The molecule has 2 aromatic carbocycles. The molecule has 2 N–H and O–H groups in total. The zero-order chi connectivity index (χ0) is 19.4. The largest absolute Gasteiger partial charge is 0.394 e. The molecule has 11 heteroatoms. The van der Waals surface area contributed by atoms with Crippen LogP contribution in [0, 0.1) is 54.6 Å². The van der Waals surface area contributed by atoms with Gasteiger partial charge in [0, 0.05) is 0 Å². The van der Waals surface area contributed by atoms with Crippen LogP contribution >= 0.6 is 0 Å². The van der Waals surface area contributed by atoms with Crippen LogP contribution in [0.25, 0.3) is 0 Å². The molecule has 3 nitrogen and oxygen atoms in total. The fraction of sp³-hybridized carbons (Fsp3) is 0.143. The summed E-state index contributed by atoms with van der Waals surface area (Å²) in [5.74, 6) is -15.5. The van der Waals surface area contributed by atoms with Gasteiger partial charge in [-0.15, -0.1) is 0 Å². The molecule has 0 saturated heterocycles. The van der Waals surface area contributed by atoms with E-state index in [1.807, 2.05) is 0 Å². The van der Waals surface area contributed by atoms with Crippen molar-refractivity contribution < 1.29 is 39.2 Å². The molecular weight excluding hydrogens is 379 g/mol. The van der Waals surface area contributed by atoms with Crippen LogP contribution < -0.4 is 5.73 Å². The van der Waals surface area contributed by atoms with Gasteiger partial charge in [0.15, 0.2) is 34.9 Å². The molecule has 0 radical (unpaired) electrons. The minimum atomic E-state index is -5.86. The van der Waals surface area contributed by atoms with E-state index in [0.29, 0.717) is 0 Å². The minimum absolute atomic E-state index is 0.593. The van der Waals surface area contributed by atoms with Crippen molar-refractivity contribution in [2.24, 2.45) is 0 Å². The van der Waals surface area contributed by atoms with Gasteiger partial charge in [0.25, 0.3) is 0 Å². The monoisotopic (exact) mass is 387 g/mol. The summed E-state index contributed by atoms with van der Waals surface area (Å²) in [6.45, 7) is 1.81. The van der Waals surface area contributed by atoms with Crippen molar-refractivity contribution in [3.8, 4) is 0 Å². The molecule has 25 heavy (non-hydrogen) atoms. The number of sulfone groups is 1. The van der Waals surface area contributed by atoms with Gasteiger partial charge in [-0.3, -0.25) is 0 Å². The number of nitrogens with two attached hydrogens (primary N) is 1. The van der Waals surface area contributed by atoms with Crippen LogP contribution in [0.15, 0.2) is 9.79 Å². The highest BCUT2D eigenvalue weighted by atomic mass is 32.2. The molecule has 0 aliphatic rings. The van der Waals surface area contributed by atoms with Gasteiger partial charge < -0.3 is 5.73 Å². The molecule has 0 saturated carbocycles. The molecule has 0 spiro atoms. The van der Waals surface area contributed by atoms with E-state index in [9.17, 15) is 39.2 Å². The summed E-state index contributed by atoms with van der Waals surface area (Å²) in [6, 6.07) is 0. The summed E-state index contributed by atoms with van der Waals surface area (Å²) in [5, 5.41) is 0. The molecule has 136 valence electrons. The summed E-state index contributed by atoms with van der Waals surface area (Å²) in [7, 11) is -5.86. The van der Waals surface area contributed by atoms with Crippen LogP contribution in [0.3, 0.4) is 0 Å². The molecule has 0 unspecified atom stereocenters. The van der Waals surface area contributed by atoms with Crippen molar-refractivity contribution in [3.63, 3.8) is 0 Å². The molecule has 0 fully saturated rings. The van der Waals surface area contributed by atoms with Crippen LogP contribution in [0.4, 0.5) is 36.4 Å². The molecule has 0 atom stereocenters. The molecule has 0 aromatic heterocycles. The normalized spacial score (nSPS) is 11.9. The maximum absolute atomic E-state index is 14.2. The van der Waals surface area contributed by atoms with Crippen molar-refractivity contribution in [1.82, 2.24) is 0 Å². The quantitative estimate of drug-likeness (QED) is 0.486. The number of benzene rings is 2. The SMILES string of the molecule is Cc1c(C)c(F)c(S(=O)(=O)c2c(F)c(F)c(N)c(F)c2F)c(F)c1F. The smallest absolute Gasteiger partial charge is 0.218 e. The van der Waals surface area contributed by atoms with E-state index >= 15 is 0 Å². The summed E-state index contributed by atoms with van der Waals surface area (Å²) in [4.78, 5) is -4.40. The Morgan fingerprint density at radius 3 is 1.36 bits per heavy atom. The third-order valence-electron chi connectivity index (χ3n) is 3.61. The zero-order valence-electron chi connectivity index (χ0n) is 12.4. The number of nitrogen functional groups attached to an aromatic ring is 1. The van der Waals surface area contributed by atoms with Crippen LogP contribution in [0.2, 0.25) is 0 Å². The van der Waals surface area contributed by atoms with E-state index in [-0.39, 0.29) is 0 Å². The van der Waals surface area contributed by atoms with Crippen molar-refractivity contribution in [1.29, 1.82) is 0 Å². The molecule has 0 amide bonds. The Labute approximate surface area is 136 Å². The fourth-order valence-corrected chi connectivity index (χ4v) is 3.63. The van der Waals surface area contributed by atoms with Gasteiger partial charge in [-0.25, -0.2) is 39.2 Å². The highest BCUT2D eigenvalue weighted by molar-refractivity contribution is 7.91. The van der Waals surface area contributed by atoms with Gasteiger partial charge in [0.05, 0.1) is 0 Å². The lowest BCUT2D eigenvalue weighted by Crippen LogP contribution is -2.17. The van der Waals surface area contributed by atoms with Crippen LogP contribution in [-0.4, -0.2) is 8.42 Å². The lowest BCUT2D eigenvalue weighted by atomic mass is 10.1. The van der Waals surface area contributed by atoms with E-state index in [4.69, 9.17) is 5.73 Å². The van der Waals surface area contributed by atoms with Crippen molar-refractivity contribution in [3.05, 3.63) is 51.8 Å². The molecule has 0 bridgehead atoms. The van der Waals surface area contributed by atoms with Crippen LogP contribution in [-0.2, 0) is 9.84 Å². The average molecular weight is 387 g/mol. The molecule has 0 aliphatic heterocycles. The minimum Gasteiger partial charge on any atom is -0.394 e. The van der Waals surface area contributed by atoms with Gasteiger partial charge in [-0.05, 0) is 25.0 Å². The fourth-order valence-electron chi connectivity index (χ4n) is 2.06. The third kappa shape index (κ3) is 2.53. The molecule has 2 rings (SSSR count). The van der Waals surface area contributed by atoms with Crippen LogP contribution in [0.1, 0.15) is 11.1 Å². The van der Waals surface area contributed by atoms with Gasteiger partial charge in [-0.1, -0.05) is 0 Å². The van der Waals surface area contributed by atoms with Gasteiger partial charge in [-0.2, -0.15) is 0 Å². The van der Waals surface area contributed by atoms with E-state index in [2.05, 4.69) is 0 Å². The molecule has 2 aromatic rings. The number of rotatable bonds is 2. The van der Waals surface area contributed by atoms with E-state index in [1.165, 1.54) is 0 Å². The molecular formula is C14H8F7NO2S. The first-order valence-corrected chi connectivity index (χ1v) is 7.84. The second-order valence-corrected chi connectivity index (χ2v) is 6.85.